The van der Waals surface area contributed by atoms with E-state index >= 15 is 0 Å². The molecular formula is C5H5NO3. The Labute approximate surface area is 51.3 Å². The van der Waals surface area contributed by atoms with Crippen molar-refractivity contribution in [3.63, 3.8) is 0 Å². The van der Waals surface area contributed by atoms with Crippen molar-refractivity contribution in [2.45, 2.75) is 6.10 Å². The summed E-state index contributed by atoms with van der Waals surface area (Å²) in [7, 11) is 0. The molecule has 0 bridgehead atoms. The van der Waals surface area contributed by atoms with Gasteiger partial charge in [0, 0.05) is 6.08 Å². The van der Waals surface area contributed by atoms with Gasteiger partial charge in [0.2, 0.25) is 0 Å². The minimum atomic E-state index is -0.850. The Balaban J connectivity index is 2.60. The third-order valence-electron chi connectivity index (χ3n) is 0.931. The van der Waals surface area contributed by atoms with Crippen LogP contribution in [0.1, 0.15) is 0 Å². The van der Waals surface area contributed by atoms with Crippen LogP contribution in [0.5, 0.6) is 0 Å². The summed E-state index contributed by atoms with van der Waals surface area (Å²) in [5.74, 6) is -1.16. The zero-order valence-electron chi connectivity index (χ0n) is 4.53. The molecule has 1 unspecified atom stereocenters. The summed E-state index contributed by atoms with van der Waals surface area (Å²) < 4.78 is 4.40. The van der Waals surface area contributed by atoms with Gasteiger partial charge in [0.1, 0.15) is 0 Å². The summed E-state index contributed by atoms with van der Waals surface area (Å²) in [5.41, 5.74) is 4.79. The predicted octanol–water partition coefficient (Wildman–Crippen LogP) is -1.05. The van der Waals surface area contributed by atoms with E-state index in [1.165, 1.54) is 12.2 Å². The number of ether oxygens (including phenoxy) is 1. The van der Waals surface area contributed by atoms with Crippen molar-refractivity contribution < 1.29 is 14.3 Å². The van der Waals surface area contributed by atoms with E-state index in [4.69, 9.17) is 5.73 Å². The number of cyclic esters (lactones) is 1. The van der Waals surface area contributed by atoms with Crippen LogP contribution in [0.25, 0.3) is 0 Å². The molecule has 1 atom stereocenters. The van der Waals surface area contributed by atoms with Gasteiger partial charge in [-0.3, -0.25) is 4.79 Å². The summed E-state index contributed by atoms with van der Waals surface area (Å²) in [6, 6.07) is 0. The van der Waals surface area contributed by atoms with Gasteiger partial charge in [-0.15, -0.1) is 0 Å². The van der Waals surface area contributed by atoms with Gasteiger partial charge in [0.25, 0.3) is 5.91 Å². The molecule has 0 aromatic rings. The molecule has 0 radical (unpaired) electrons. The van der Waals surface area contributed by atoms with E-state index in [1.807, 2.05) is 0 Å². The molecule has 1 aliphatic rings. The summed E-state index contributed by atoms with van der Waals surface area (Å²) >= 11 is 0. The highest BCUT2D eigenvalue weighted by molar-refractivity contribution is 5.92. The lowest BCUT2D eigenvalue weighted by Crippen LogP contribution is -2.27. The van der Waals surface area contributed by atoms with Crippen LogP contribution >= 0.6 is 0 Å². The fraction of sp³-hybridized carbons (Fsp3) is 0.200. The van der Waals surface area contributed by atoms with E-state index in [2.05, 4.69) is 4.74 Å². The molecule has 9 heavy (non-hydrogen) atoms. The van der Waals surface area contributed by atoms with Crippen molar-refractivity contribution in [2.75, 3.05) is 0 Å². The highest BCUT2D eigenvalue weighted by atomic mass is 16.5. The number of hydrogen-bond acceptors (Lipinski definition) is 3. The van der Waals surface area contributed by atoms with Gasteiger partial charge in [-0.25, -0.2) is 4.79 Å². The van der Waals surface area contributed by atoms with Crippen LogP contribution in [-0.2, 0) is 14.3 Å². The maximum Gasteiger partial charge on any atom is 0.331 e. The fourth-order valence-corrected chi connectivity index (χ4v) is 0.523. The fourth-order valence-electron chi connectivity index (χ4n) is 0.523. The molecule has 0 fully saturated rings. The Bertz CT molecular complexity index is 185. The molecule has 1 heterocycles. The Morgan fingerprint density at radius 2 is 2.44 bits per heavy atom. The van der Waals surface area contributed by atoms with Gasteiger partial charge in [0.05, 0.1) is 0 Å². The Kier molecular flexibility index (Phi) is 1.22. The smallest absolute Gasteiger partial charge is 0.331 e. The molecule has 2 N–H and O–H groups in total. The molecule has 4 heteroatoms. The van der Waals surface area contributed by atoms with Crippen LogP contribution in [0, 0.1) is 0 Å². The molecule has 4 nitrogen and oxygen atoms in total. The largest absolute Gasteiger partial charge is 0.445 e. The van der Waals surface area contributed by atoms with E-state index in [0.717, 1.165) is 0 Å². The van der Waals surface area contributed by atoms with Crippen molar-refractivity contribution in [1.29, 1.82) is 0 Å². The lowest BCUT2D eigenvalue weighted by molar-refractivity contribution is -0.144. The van der Waals surface area contributed by atoms with Gasteiger partial charge in [-0.2, -0.15) is 0 Å². The zero-order valence-corrected chi connectivity index (χ0v) is 4.53. The molecule has 0 aromatic carbocycles. The van der Waals surface area contributed by atoms with E-state index in [9.17, 15) is 9.59 Å². The number of nitrogens with two attached hydrogens (primary N) is 1. The van der Waals surface area contributed by atoms with Gasteiger partial charge < -0.3 is 10.5 Å². The molecule has 1 aliphatic heterocycles. The molecular weight excluding hydrogens is 122 g/mol. The topological polar surface area (TPSA) is 69.4 Å². The zero-order chi connectivity index (χ0) is 6.85. The molecule has 0 saturated heterocycles. The Hall–Kier alpha value is -1.32. The van der Waals surface area contributed by atoms with Gasteiger partial charge in [-0.1, -0.05) is 0 Å². The standard InChI is InChI=1S/C5H5NO3/c6-5(8)3-1-2-4(7)9-3/h1-3H,(H2,6,8). The first-order valence-corrected chi connectivity index (χ1v) is 2.38. The molecule has 48 valence electrons. The Morgan fingerprint density at radius 1 is 1.78 bits per heavy atom. The lowest BCUT2D eigenvalue weighted by Gasteiger charge is -2.00. The average Bonchev–Trinajstić information content (AvgIpc) is 2.14. The predicted molar refractivity (Wildman–Crippen MR) is 28.2 cm³/mol. The minimum absolute atomic E-state index is 0.515. The third kappa shape index (κ3) is 1.07. The second-order valence-corrected chi connectivity index (χ2v) is 1.62. The first kappa shape index (κ1) is 5.81. The van der Waals surface area contributed by atoms with Crippen LogP contribution in [-0.4, -0.2) is 18.0 Å². The van der Waals surface area contributed by atoms with Gasteiger partial charge in [-0.05, 0) is 6.08 Å². The first-order chi connectivity index (χ1) is 4.20. The van der Waals surface area contributed by atoms with Crippen LogP contribution in [0.4, 0.5) is 0 Å². The van der Waals surface area contributed by atoms with Crippen molar-refractivity contribution in [3.8, 4) is 0 Å². The number of primary amides is 1. The number of hydrogen-bond donors (Lipinski definition) is 1. The van der Waals surface area contributed by atoms with Crippen molar-refractivity contribution in [2.24, 2.45) is 5.73 Å². The maximum atomic E-state index is 10.2. The number of amides is 1. The Morgan fingerprint density at radius 3 is 2.67 bits per heavy atom. The maximum absolute atomic E-state index is 10.2. The molecule has 0 aromatic heterocycles. The van der Waals surface area contributed by atoms with E-state index in [1.54, 1.807) is 0 Å². The van der Waals surface area contributed by atoms with Gasteiger partial charge >= 0.3 is 5.97 Å². The van der Waals surface area contributed by atoms with Crippen molar-refractivity contribution in [1.82, 2.24) is 0 Å². The van der Waals surface area contributed by atoms with Crippen molar-refractivity contribution >= 4 is 11.9 Å². The van der Waals surface area contributed by atoms with Crippen molar-refractivity contribution in [3.05, 3.63) is 12.2 Å². The first-order valence-electron chi connectivity index (χ1n) is 2.38. The average molecular weight is 127 g/mol. The second kappa shape index (κ2) is 1.89. The number of carbonyl (C=O) groups excluding carboxylic acids is 2. The molecule has 1 rings (SSSR count). The summed E-state index contributed by atoms with van der Waals surface area (Å²) in [5, 5.41) is 0. The summed E-state index contributed by atoms with van der Waals surface area (Å²) in [6.07, 6.45) is 1.65. The van der Waals surface area contributed by atoms with Crippen LogP contribution < -0.4 is 5.73 Å². The highest BCUT2D eigenvalue weighted by Gasteiger charge is 2.20. The number of carbonyl (C=O) groups is 2. The SMILES string of the molecule is NC(=O)C1C=CC(=O)O1. The number of esters is 1. The molecule has 0 aliphatic carbocycles. The van der Waals surface area contributed by atoms with Crippen LogP contribution in [0.15, 0.2) is 12.2 Å². The van der Waals surface area contributed by atoms with Gasteiger partial charge in [0.15, 0.2) is 6.10 Å². The second-order valence-electron chi connectivity index (χ2n) is 1.62. The quantitative estimate of drug-likeness (QED) is 0.457. The monoisotopic (exact) mass is 127 g/mol. The molecule has 0 spiro atoms. The van der Waals surface area contributed by atoms with E-state index in [0.29, 0.717) is 0 Å². The minimum Gasteiger partial charge on any atom is -0.445 e. The highest BCUT2D eigenvalue weighted by Crippen LogP contribution is 2.02. The number of rotatable bonds is 1. The summed E-state index contributed by atoms with van der Waals surface area (Å²) in [4.78, 5) is 20.5. The van der Waals surface area contributed by atoms with E-state index in [-0.39, 0.29) is 0 Å². The summed E-state index contributed by atoms with van der Waals surface area (Å²) in [6.45, 7) is 0. The van der Waals surface area contributed by atoms with Crippen LogP contribution in [0.2, 0.25) is 0 Å². The molecule has 0 saturated carbocycles. The lowest BCUT2D eigenvalue weighted by atomic mass is 10.3. The van der Waals surface area contributed by atoms with E-state index < -0.39 is 18.0 Å². The molecule has 1 amide bonds. The van der Waals surface area contributed by atoms with Crippen LogP contribution in [0.3, 0.4) is 0 Å². The third-order valence-corrected chi connectivity index (χ3v) is 0.931. The normalized spacial score (nSPS) is 24.0.